The molecule has 0 unspecified atom stereocenters. The fourth-order valence-electron chi connectivity index (χ4n) is 6.61. The maximum atomic E-state index is 12.9. The Balaban J connectivity index is 0.968. The molecule has 1 aliphatic heterocycles. The summed E-state index contributed by atoms with van der Waals surface area (Å²) in [4.78, 5) is 30.1. The standard InChI is InChI=1S/C47H57N3O4/c1-2-3-4-5-6-7-8-9-10-11-12-13-14-15-16-17-18-19-23-32-45(51)53-39-50-44-31-25-30-43(46(44)54-47(50)52)49-35-33-48(34-36-49)38-40-26-24-29-42(37-40)41-27-21-20-22-28-41/h3-4,6-7,9-10,12-13,15-16,20-22,24-31,37H,2,5,8,11,14,17-19,23,32-36,38-39H2,1H3. The van der Waals surface area contributed by atoms with Crippen molar-refractivity contribution in [3.05, 3.63) is 150 Å². The zero-order valence-electron chi connectivity index (χ0n) is 32.0. The molecule has 0 atom stereocenters. The summed E-state index contributed by atoms with van der Waals surface area (Å²) in [5.74, 6) is -0.813. The van der Waals surface area contributed by atoms with Crippen molar-refractivity contribution in [3.63, 3.8) is 0 Å². The monoisotopic (exact) mass is 727 g/mol. The van der Waals surface area contributed by atoms with E-state index in [0.717, 1.165) is 96.2 Å². The molecule has 0 amide bonds. The van der Waals surface area contributed by atoms with Gasteiger partial charge in [0.2, 0.25) is 0 Å². The second-order valence-electron chi connectivity index (χ2n) is 13.7. The van der Waals surface area contributed by atoms with E-state index in [1.54, 1.807) is 0 Å². The molecule has 284 valence electrons. The summed E-state index contributed by atoms with van der Waals surface area (Å²) in [6.45, 7) is 6.34. The van der Waals surface area contributed by atoms with E-state index in [4.69, 9.17) is 9.15 Å². The van der Waals surface area contributed by atoms with Gasteiger partial charge in [-0.1, -0.05) is 129 Å². The number of fused-ring (bicyclic) bond motifs is 1. The lowest BCUT2D eigenvalue weighted by atomic mass is 10.0. The molecular formula is C47H57N3O4. The Bertz CT molecular complexity index is 1920. The number of esters is 1. The van der Waals surface area contributed by atoms with Gasteiger partial charge in [0.15, 0.2) is 12.3 Å². The Labute approximate surface area is 321 Å². The summed E-state index contributed by atoms with van der Waals surface area (Å²) < 4.78 is 12.7. The number of nitrogens with zero attached hydrogens (tertiary/aromatic N) is 3. The van der Waals surface area contributed by atoms with Crippen LogP contribution in [0.25, 0.3) is 22.2 Å². The van der Waals surface area contributed by atoms with Gasteiger partial charge in [0.1, 0.15) is 0 Å². The SMILES string of the molecule is CCC=CCC=CCC=CCC=CCC=CCCCCCC(=O)OCn1c(=O)oc2c(N3CCN(Cc4cccc(-c5ccccc5)c4)CC3)cccc21. The Hall–Kier alpha value is -5.14. The fourth-order valence-corrected chi connectivity index (χ4v) is 6.61. The van der Waals surface area contributed by atoms with Crippen molar-refractivity contribution in [1.82, 2.24) is 9.47 Å². The van der Waals surface area contributed by atoms with Crippen LogP contribution in [0.5, 0.6) is 0 Å². The Morgan fingerprint density at radius 2 is 1.35 bits per heavy atom. The van der Waals surface area contributed by atoms with Crippen molar-refractivity contribution in [2.45, 2.75) is 84.4 Å². The number of hydrogen-bond donors (Lipinski definition) is 0. The van der Waals surface area contributed by atoms with Gasteiger partial charge in [-0.15, -0.1) is 0 Å². The number of aromatic nitrogens is 1. The number of unbranched alkanes of at least 4 members (excludes halogenated alkanes) is 3. The van der Waals surface area contributed by atoms with E-state index >= 15 is 0 Å². The third-order valence-electron chi connectivity index (χ3n) is 9.59. The van der Waals surface area contributed by atoms with Crippen molar-refractivity contribution in [2.24, 2.45) is 0 Å². The summed E-state index contributed by atoms with van der Waals surface area (Å²) in [5, 5.41) is 0. The molecule has 7 nitrogen and oxygen atoms in total. The van der Waals surface area contributed by atoms with Crippen molar-refractivity contribution in [2.75, 3.05) is 31.1 Å². The van der Waals surface area contributed by atoms with Crippen molar-refractivity contribution in [1.29, 1.82) is 0 Å². The first-order chi connectivity index (χ1) is 26.6. The Morgan fingerprint density at radius 1 is 0.704 bits per heavy atom. The van der Waals surface area contributed by atoms with Gasteiger partial charge in [0, 0.05) is 39.1 Å². The molecule has 0 saturated carbocycles. The maximum absolute atomic E-state index is 12.9. The lowest BCUT2D eigenvalue weighted by molar-refractivity contribution is -0.147. The Morgan fingerprint density at radius 3 is 2.06 bits per heavy atom. The number of oxazole rings is 1. The van der Waals surface area contributed by atoms with Gasteiger partial charge in [0.05, 0.1) is 11.2 Å². The van der Waals surface area contributed by atoms with Crippen molar-refractivity contribution < 1.29 is 13.9 Å². The van der Waals surface area contributed by atoms with Gasteiger partial charge in [-0.05, 0) is 86.3 Å². The number of para-hydroxylation sites is 1. The van der Waals surface area contributed by atoms with Crippen LogP contribution in [0.4, 0.5) is 5.69 Å². The summed E-state index contributed by atoms with van der Waals surface area (Å²) >= 11 is 0. The van der Waals surface area contributed by atoms with Crippen LogP contribution in [-0.4, -0.2) is 41.6 Å². The normalized spacial score (nSPS) is 14.3. The third kappa shape index (κ3) is 13.1. The highest BCUT2D eigenvalue weighted by atomic mass is 16.5. The highest BCUT2D eigenvalue weighted by Gasteiger charge is 2.22. The van der Waals surface area contributed by atoms with Gasteiger partial charge >= 0.3 is 11.7 Å². The molecule has 0 N–H and O–H groups in total. The van der Waals surface area contributed by atoms with Gasteiger partial charge in [-0.25, -0.2) is 9.36 Å². The highest BCUT2D eigenvalue weighted by molar-refractivity contribution is 5.87. The van der Waals surface area contributed by atoms with Crippen LogP contribution in [0.1, 0.15) is 76.7 Å². The van der Waals surface area contributed by atoms with Gasteiger partial charge in [0.25, 0.3) is 0 Å². The first-order valence-electron chi connectivity index (χ1n) is 19.8. The largest absolute Gasteiger partial charge is 0.444 e. The summed E-state index contributed by atoms with van der Waals surface area (Å²) in [6, 6.07) is 25.0. The number of ether oxygens (including phenoxy) is 1. The zero-order valence-corrected chi connectivity index (χ0v) is 32.0. The molecule has 0 aliphatic carbocycles. The van der Waals surface area contributed by atoms with Crippen LogP contribution in [0, 0.1) is 0 Å². The molecule has 2 heterocycles. The quantitative estimate of drug-likeness (QED) is 0.0484. The molecule has 1 saturated heterocycles. The van der Waals surface area contributed by atoms with Crippen molar-refractivity contribution >= 4 is 22.8 Å². The molecule has 1 fully saturated rings. The number of carbonyl (C=O) groups excluding carboxylic acids is 1. The van der Waals surface area contributed by atoms with Crippen LogP contribution < -0.4 is 10.7 Å². The van der Waals surface area contributed by atoms with E-state index < -0.39 is 5.76 Å². The number of anilines is 1. The van der Waals surface area contributed by atoms with E-state index in [2.05, 4.69) is 126 Å². The highest BCUT2D eigenvalue weighted by Crippen LogP contribution is 2.28. The molecule has 5 rings (SSSR count). The van der Waals surface area contributed by atoms with E-state index in [1.807, 2.05) is 24.3 Å². The van der Waals surface area contributed by atoms with Crippen LogP contribution in [0.15, 0.2) is 143 Å². The summed E-state index contributed by atoms with van der Waals surface area (Å²) in [5.41, 5.74) is 5.83. The molecule has 4 aromatic rings. The summed E-state index contributed by atoms with van der Waals surface area (Å²) in [6.07, 6.45) is 31.1. The number of piperazine rings is 1. The predicted molar refractivity (Wildman–Crippen MR) is 223 cm³/mol. The minimum atomic E-state index is -0.515. The zero-order chi connectivity index (χ0) is 37.6. The van der Waals surface area contributed by atoms with Crippen LogP contribution >= 0.6 is 0 Å². The van der Waals surface area contributed by atoms with Crippen LogP contribution in [-0.2, 0) is 22.8 Å². The fraction of sp³-hybridized carbons (Fsp3) is 0.362. The second kappa shape index (κ2) is 22.8. The lowest BCUT2D eigenvalue weighted by Gasteiger charge is -2.36. The molecule has 0 spiro atoms. The molecule has 1 aromatic heterocycles. The molecular weight excluding hydrogens is 671 g/mol. The topological polar surface area (TPSA) is 67.9 Å². The minimum Gasteiger partial charge on any atom is -0.444 e. The number of carbonyl (C=O) groups is 1. The van der Waals surface area contributed by atoms with Crippen LogP contribution in [0.3, 0.4) is 0 Å². The van der Waals surface area contributed by atoms with Gasteiger partial charge in [-0.3, -0.25) is 9.69 Å². The Kier molecular flexibility index (Phi) is 16.9. The molecule has 54 heavy (non-hydrogen) atoms. The van der Waals surface area contributed by atoms with E-state index in [-0.39, 0.29) is 12.7 Å². The molecule has 1 aliphatic rings. The average Bonchev–Trinajstić information content (AvgIpc) is 3.53. The second-order valence-corrected chi connectivity index (χ2v) is 13.7. The smallest absolute Gasteiger partial charge is 0.422 e. The van der Waals surface area contributed by atoms with Crippen LogP contribution in [0.2, 0.25) is 0 Å². The van der Waals surface area contributed by atoms with E-state index in [1.165, 1.54) is 21.3 Å². The van der Waals surface area contributed by atoms with E-state index in [0.29, 0.717) is 17.5 Å². The molecule has 0 bridgehead atoms. The minimum absolute atomic E-state index is 0.149. The third-order valence-corrected chi connectivity index (χ3v) is 9.59. The first kappa shape index (κ1) is 40.1. The first-order valence-corrected chi connectivity index (χ1v) is 19.8. The van der Waals surface area contributed by atoms with Gasteiger partial charge in [-0.2, -0.15) is 0 Å². The molecule has 7 heteroatoms. The summed E-state index contributed by atoms with van der Waals surface area (Å²) in [7, 11) is 0. The maximum Gasteiger partial charge on any atom is 0.422 e. The number of benzene rings is 3. The average molecular weight is 728 g/mol. The van der Waals surface area contributed by atoms with Gasteiger partial charge < -0.3 is 14.1 Å². The van der Waals surface area contributed by atoms with Crippen molar-refractivity contribution in [3.8, 4) is 11.1 Å². The van der Waals surface area contributed by atoms with E-state index in [9.17, 15) is 9.59 Å². The number of hydrogen-bond acceptors (Lipinski definition) is 6. The lowest BCUT2D eigenvalue weighted by Crippen LogP contribution is -2.46. The molecule has 0 radical (unpaired) electrons. The molecule has 3 aromatic carbocycles. The number of allylic oxidation sites excluding steroid dienone is 10. The number of rotatable bonds is 21. The predicted octanol–water partition coefficient (Wildman–Crippen LogP) is 10.8.